The molecule has 0 amide bonds. The van der Waals surface area contributed by atoms with Crippen LogP contribution in [0, 0.1) is 0 Å². The second kappa shape index (κ2) is 6.14. The van der Waals surface area contributed by atoms with Gasteiger partial charge in [-0.05, 0) is 36.1 Å². The van der Waals surface area contributed by atoms with Crippen molar-refractivity contribution in [2.24, 2.45) is 0 Å². The average Bonchev–Trinajstić information content (AvgIpc) is 2.55. The van der Waals surface area contributed by atoms with Crippen LogP contribution in [0.2, 0.25) is 0 Å². The molecule has 0 atom stereocenters. The van der Waals surface area contributed by atoms with Crippen molar-refractivity contribution in [1.82, 2.24) is 10.2 Å². The minimum Gasteiger partial charge on any atom is -0.338 e. The van der Waals surface area contributed by atoms with Crippen LogP contribution in [0.4, 0.5) is 11.5 Å². The second-order valence-corrected chi connectivity index (χ2v) is 5.80. The number of anilines is 2. The quantitative estimate of drug-likeness (QED) is 0.730. The number of aryl methyl sites for hydroxylation is 1. The summed E-state index contributed by atoms with van der Waals surface area (Å²) in [6.45, 7) is 6.55. The first kappa shape index (κ1) is 14.5. The normalized spacial score (nSPS) is 11.1. The molecule has 0 unspecified atom stereocenters. The van der Waals surface area contributed by atoms with Crippen molar-refractivity contribution in [2.75, 3.05) is 5.32 Å². The lowest BCUT2D eigenvalue weighted by molar-refractivity contribution is 0.867. The van der Waals surface area contributed by atoms with Crippen molar-refractivity contribution < 1.29 is 0 Å². The Bertz CT molecular complexity index is 776. The van der Waals surface area contributed by atoms with E-state index in [0.717, 1.165) is 23.4 Å². The average molecular weight is 291 g/mol. The van der Waals surface area contributed by atoms with Gasteiger partial charge in [0.2, 0.25) is 0 Å². The fourth-order valence-corrected chi connectivity index (χ4v) is 2.65. The highest BCUT2D eigenvalue weighted by Crippen LogP contribution is 2.26. The van der Waals surface area contributed by atoms with E-state index in [1.807, 2.05) is 18.2 Å². The van der Waals surface area contributed by atoms with Crippen molar-refractivity contribution in [3.05, 3.63) is 59.7 Å². The lowest BCUT2D eigenvalue weighted by atomic mass is 10.0. The number of hydrogen-bond donors (Lipinski definition) is 1. The predicted octanol–water partition coefficient (Wildman–Crippen LogP) is 5.06. The van der Waals surface area contributed by atoms with Crippen LogP contribution in [0.15, 0.2) is 48.5 Å². The summed E-state index contributed by atoms with van der Waals surface area (Å²) in [7, 11) is 0. The van der Waals surface area contributed by atoms with E-state index in [4.69, 9.17) is 0 Å². The Morgan fingerprint density at radius 2 is 1.68 bits per heavy atom. The maximum Gasteiger partial charge on any atom is 0.156 e. The summed E-state index contributed by atoms with van der Waals surface area (Å²) in [6, 6.07) is 16.7. The van der Waals surface area contributed by atoms with E-state index >= 15 is 0 Å². The first-order valence-corrected chi connectivity index (χ1v) is 7.80. The van der Waals surface area contributed by atoms with E-state index in [2.05, 4.69) is 66.6 Å². The van der Waals surface area contributed by atoms with E-state index in [9.17, 15) is 0 Å². The minimum absolute atomic E-state index is 0.542. The van der Waals surface area contributed by atoms with Crippen LogP contribution >= 0.6 is 0 Å². The largest absolute Gasteiger partial charge is 0.338 e. The highest BCUT2D eigenvalue weighted by molar-refractivity contribution is 5.85. The van der Waals surface area contributed by atoms with Gasteiger partial charge in [-0.25, -0.2) is 0 Å². The van der Waals surface area contributed by atoms with E-state index in [0.29, 0.717) is 5.92 Å². The summed E-state index contributed by atoms with van der Waals surface area (Å²) in [4.78, 5) is 0. The first-order chi connectivity index (χ1) is 10.7. The fourth-order valence-electron chi connectivity index (χ4n) is 2.65. The maximum atomic E-state index is 4.37. The molecule has 1 N–H and O–H groups in total. The highest BCUT2D eigenvalue weighted by atomic mass is 15.2. The number of nitrogens with zero attached hydrogens (tertiary/aromatic N) is 2. The molecule has 0 saturated heterocycles. The number of hydrogen-bond acceptors (Lipinski definition) is 3. The Morgan fingerprint density at radius 1 is 0.955 bits per heavy atom. The smallest absolute Gasteiger partial charge is 0.156 e. The van der Waals surface area contributed by atoms with Crippen LogP contribution < -0.4 is 5.32 Å². The van der Waals surface area contributed by atoms with Crippen molar-refractivity contribution >= 4 is 22.4 Å². The Kier molecular flexibility index (Phi) is 4.05. The van der Waals surface area contributed by atoms with Gasteiger partial charge in [0.15, 0.2) is 5.82 Å². The van der Waals surface area contributed by atoms with Gasteiger partial charge in [0.25, 0.3) is 0 Å². The molecule has 22 heavy (non-hydrogen) atoms. The number of rotatable bonds is 4. The zero-order chi connectivity index (χ0) is 15.5. The van der Waals surface area contributed by atoms with Crippen LogP contribution in [0.3, 0.4) is 0 Å². The van der Waals surface area contributed by atoms with E-state index < -0.39 is 0 Å². The summed E-state index contributed by atoms with van der Waals surface area (Å²) in [5.41, 5.74) is 4.54. The molecular weight excluding hydrogens is 270 g/mol. The van der Waals surface area contributed by atoms with Crippen molar-refractivity contribution in [1.29, 1.82) is 0 Å². The van der Waals surface area contributed by atoms with E-state index in [-0.39, 0.29) is 0 Å². The van der Waals surface area contributed by atoms with Crippen LogP contribution in [0.1, 0.15) is 37.8 Å². The molecule has 0 fully saturated rings. The van der Waals surface area contributed by atoms with Gasteiger partial charge in [-0.15, -0.1) is 10.2 Å². The van der Waals surface area contributed by atoms with Gasteiger partial charge in [-0.2, -0.15) is 0 Å². The summed E-state index contributed by atoms with van der Waals surface area (Å²) in [5, 5.41) is 13.3. The third-order valence-corrected chi connectivity index (χ3v) is 3.97. The molecule has 2 aromatic carbocycles. The molecule has 3 aromatic rings. The lowest BCUT2D eigenvalue weighted by Gasteiger charge is -2.12. The summed E-state index contributed by atoms with van der Waals surface area (Å²) < 4.78 is 0. The number of nitrogens with one attached hydrogen (secondary N) is 1. The van der Waals surface area contributed by atoms with E-state index in [1.54, 1.807) is 0 Å². The molecule has 0 aliphatic rings. The number of benzene rings is 2. The standard InChI is InChI=1S/C19H21N3/c1-4-16-17-7-5-6-8-18(17)21-22-19(16)20-15-11-9-14(10-12-15)13(2)3/h5-13H,4H2,1-3H3,(H,20,22). The van der Waals surface area contributed by atoms with Gasteiger partial charge in [-0.1, -0.05) is 51.1 Å². The SMILES string of the molecule is CCc1c(Nc2ccc(C(C)C)cc2)nnc2ccccc12. The summed E-state index contributed by atoms with van der Waals surface area (Å²) in [6.07, 6.45) is 0.919. The Labute approximate surface area is 131 Å². The van der Waals surface area contributed by atoms with Crippen LogP contribution in [-0.4, -0.2) is 10.2 Å². The zero-order valence-electron chi connectivity index (χ0n) is 13.3. The number of fused-ring (bicyclic) bond motifs is 1. The fraction of sp³-hybridized carbons (Fsp3) is 0.263. The van der Waals surface area contributed by atoms with Crippen molar-refractivity contribution in [2.45, 2.75) is 33.1 Å². The molecule has 112 valence electrons. The predicted molar refractivity (Wildman–Crippen MR) is 92.7 cm³/mol. The van der Waals surface area contributed by atoms with Gasteiger partial charge in [-0.3, -0.25) is 0 Å². The molecule has 3 rings (SSSR count). The molecule has 1 heterocycles. The van der Waals surface area contributed by atoms with Crippen molar-refractivity contribution in [3.63, 3.8) is 0 Å². The van der Waals surface area contributed by atoms with Crippen LogP contribution in [0.5, 0.6) is 0 Å². The second-order valence-electron chi connectivity index (χ2n) is 5.80. The molecule has 0 spiro atoms. The Balaban J connectivity index is 1.96. The van der Waals surface area contributed by atoms with Crippen molar-refractivity contribution in [3.8, 4) is 0 Å². The Morgan fingerprint density at radius 3 is 2.36 bits per heavy atom. The van der Waals surface area contributed by atoms with Gasteiger partial charge < -0.3 is 5.32 Å². The van der Waals surface area contributed by atoms with Gasteiger partial charge in [0.1, 0.15) is 0 Å². The van der Waals surface area contributed by atoms with Crippen LogP contribution in [0.25, 0.3) is 10.9 Å². The van der Waals surface area contributed by atoms with Gasteiger partial charge in [0, 0.05) is 16.6 Å². The molecule has 0 aliphatic carbocycles. The summed E-state index contributed by atoms with van der Waals surface area (Å²) in [5.74, 6) is 1.39. The van der Waals surface area contributed by atoms with Gasteiger partial charge >= 0.3 is 0 Å². The topological polar surface area (TPSA) is 37.8 Å². The minimum atomic E-state index is 0.542. The maximum absolute atomic E-state index is 4.37. The molecule has 0 saturated carbocycles. The highest BCUT2D eigenvalue weighted by Gasteiger charge is 2.09. The van der Waals surface area contributed by atoms with Crippen LogP contribution in [-0.2, 0) is 6.42 Å². The monoisotopic (exact) mass is 291 g/mol. The molecule has 0 radical (unpaired) electrons. The van der Waals surface area contributed by atoms with E-state index in [1.165, 1.54) is 16.5 Å². The molecular formula is C19H21N3. The molecule has 1 aromatic heterocycles. The Hall–Kier alpha value is -2.42. The summed E-state index contributed by atoms with van der Waals surface area (Å²) >= 11 is 0. The third-order valence-electron chi connectivity index (χ3n) is 3.97. The number of aromatic nitrogens is 2. The molecule has 0 bridgehead atoms. The first-order valence-electron chi connectivity index (χ1n) is 7.80. The lowest BCUT2D eigenvalue weighted by Crippen LogP contribution is -2.02. The zero-order valence-corrected chi connectivity index (χ0v) is 13.3. The molecule has 3 nitrogen and oxygen atoms in total. The van der Waals surface area contributed by atoms with Gasteiger partial charge in [0.05, 0.1) is 5.52 Å². The molecule has 3 heteroatoms. The molecule has 0 aliphatic heterocycles. The third kappa shape index (κ3) is 2.80.